The summed E-state index contributed by atoms with van der Waals surface area (Å²) in [6.07, 6.45) is 0. The van der Waals surface area contributed by atoms with Crippen LogP contribution >= 0.6 is 34.8 Å². The van der Waals surface area contributed by atoms with E-state index < -0.39 is 9.76 Å². The smallest absolute Gasteiger partial charge is 0.358 e. The molecule has 53 valence electrons. The summed E-state index contributed by atoms with van der Waals surface area (Å²) in [5.74, 6) is -0.900. The van der Waals surface area contributed by atoms with Crippen LogP contribution in [0.1, 0.15) is 0 Å². The van der Waals surface area contributed by atoms with E-state index in [1.54, 1.807) is 0 Å². The monoisotopic (exact) mass is 189 g/mol. The molecule has 0 saturated heterocycles. The Morgan fingerprint density at radius 3 is 2.11 bits per heavy atom. The Hall–Kier alpha value is 0.340. The van der Waals surface area contributed by atoms with Gasteiger partial charge in [-0.05, 0) is 6.92 Å². The molecule has 0 aromatic heterocycles. The number of hydrogen-bond acceptors (Lipinski definition) is 2. The van der Waals surface area contributed by atoms with E-state index >= 15 is 0 Å². The van der Waals surface area contributed by atoms with Gasteiger partial charge in [-0.15, -0.1) is 0 Å². The minimum Gasteiger partial charge on any atom is -0.463 e. The van der Waals surface area contributed by atoms with Crippen molar-refractivity contribution in [2.75, 3.05) is 6.61 Å². The lowest BCUT2D eigenvalue weighted by atomic mass is 10.7. The standard InChI is InChI=1S/C4H4Cl3O2/c1-2-9-3(8)4(5,6)7/h1-2H2. The Kier molecular flexibility index (Phi) is 3.63. The topological polar surface area (TPSA) is 26.3 Å². The van der Waals surface area contributed by atoms with Crippen molar-refractivity contribution in [1.82, 2.24) is 0 Å². The van der Waals surface area contributed by atoms with Crippen molar-refractivity contribution in [1.29, 1.82) is 0 Å². The fourth-order valence-electron chi connectivity index (χ4n) is 0.175. The molecule has 0 aliphatic heterocycles. The zero-order valence-electron chi connectivity index (χ0n) is 4.36. The van der Waals surface area contributed by atoms with Crippen LogP contribution in [0.25, 0.3) is 0 Å². The van der Waals surface area contributed by atoms with Crippen LogP contribution in [0.3, 0.4) is 0 Å². The summed E-state index contributed by atoms with van der Waals surface area (Å²) in [5, 5.41) is 0. The Morgan fingerprint density at radius 2 is 2.00 bits per heavy atom. The minimum absolute atomic E-state index is 0.0350. The zero-order valence-corrected chi connectivity index (χ0v) is 6.63. The molecule has 2 nitrogen and oxygen atoms in total. The van der Waals surface area contributed by atoms with Crippen LogP contribution in [0, 0.1) is 6.92 Å². The van der Waals surface area contributed by atoms with Gasteiger partial charge in [0.15, 0.2) is 0 Å². The molecule has 0 saturated carbocycles. The van der Waals surface area contributed by atoms with Crippen LogP contribution < -0.4 is 0 Å². The number of halogens is 3. The summed E-state index contributed by atoms with van der Waals surface area (Å²) >= 11 is 15.3. The molecular formula is C4H4Cl3O2. The predicted molar refractivity (Wildman–Crippen MR) is 36.6 cm³/mol. The van der Waals surface area contributed by atoms with Gasteiger partial charge in [-0.2, -0.15) is 0 Å². The van der Waals surface area contributed by atoms with Crippen LogP contribution in [0.2, 0.25) is 0 Å². The number of hydrogen-bond donors (Lipinski definition) is 0. The van der Waals surface area contributed by atoms with Crippen LogP contribution in [-0.2, 0) is 9.53 Å². The maximum atomic E-state index is 10.4. The van der Waals surface area contributed by atoms with Crippen LogP contribution in [0.5, 0.6) is 0 Å². The molecule has 0 rings (SSSR count). The van der Waals surface area contributed by atoms with E-state index in [1.807, 2.05) is 0 Å². The lowest BCUT2D eigenvalue weighted by molar-refractivity contribution is -0.141. The Balaban J connectivity index is 3.74. The van der Waals surface area contributed by atoms with Gasteiger partial charge < -0.3 is 4.74 Å². The number of ether oxygens (including phenoxy) is 1. The van der Waals surface area contributed by atoms with Gasteiger partial charge in [0.2, 0.25) is 0 Å². The average Bonchev–Trinajstić information content (AvgIpc) is 1.64. The first-order valence-electron chi connectivity index (χ1n) is 2.01. The molecule has 0 N–H and O–H groups in total. The molecular weight excluding hydrogens is 186 g/mol. The number of alkyl halides is 3. The van der Waals surface area contributed by atoms with Gasteiger partial charge in [-0.25, -0.2) is 4.79 Å². The van der Waals surface area contributed by atoms with Crippen molar-refractivity contribution >= 4 is 40.8 Å². The first kappa shape index (κ1) is 9.34. The molecule has 0 aromatic carbocycles. The predicted octanol–water partition coefficient (Wildman–Crippen LogP) is 1.73. The second kappa shape index (κ2) is 3.49. The van der Waals surface area contributed by atoms with E-state index in [2.05, 4.69) is 11.7 Å². The molecule has 0 aromatic rings. The molecule has 0 unspecified atom stereocenters. The van der Waals surface area contributed by atoms with Crippen molar-refractivity contribution in [2.24, 2.45) is 0 Å². The maximum Gasteiger partial charge on any atom is 0.358 e. The maximum absolute atomic E-state index is 10.4. The van der Waals surface area contributed by atoms with Gasteiger partial charge in [0.05, 0.1) is 6.61 Å². The third kappa shape index (κ3) is 3.84. The first-order chi connectivity index (χ1) is 3.98. The normalized spacial score (nSPS) is 11.1. The second-order valence-corrected chi connectivity index (χ2v) is 3.41. The van der Waals surface area contributed by atoms with Gasteiger partial charge in [0, 0.05) is 0 Å². The van der Waals surface area contributed by atoms with Crippen molar-refractivity contribution < 1.29 is 9.53 Å². The zero-order chi connectivity index (χ0) is 7.49. The van der Waals surface area contributed by atoms with Gasteiger partial charge in [0.1, 0.15) is 0 Å². The molecule has 0 aliphatic rings. The summed E-state index contributed by atoms with van der Waals surface area (Å²) < 4.78 is 2.29. The third-order valence-electron chi connectivity index (χ3n) is 0.465. The molecule has 0 aliphatic carbocycles. The highest BCUT2D eigenvalue weighted by Crippen LogP contribution is 2.27. The molecule has 0 amide bonds. The SMILES string of the molecule is [CH2]COC(=O)C(Cl)(Cl)Cl. The van der Waals surface area contributed by atoms with Crippen LogP contribution in [-0.4, -0.2) is 16.4 Å². The van der Waals surface area contributed by atoms with Crippen LogP contribution in [0.4, 0.5) is 0 Å². The van der Waals surface area contributed by atoms with E-state index in [9.17, 15) is 4.79 Å². The summed E-state index contributed by atoms with van der Waals surface area (Å²) in [5.41, 5.74) is 0. The molecule has 9 heavy (non-hydrogen) atoms. The van der Waals surface area contributed by atoms with Gasteiger partial charge >= 0.3 is 5.97 Å². The van der Waals surface area contributed by atoms with E-state index in [4.69, 9.17) is 34.8 Å². The molecule has 0 atom stereocenters. The average molecular weight is 190 g/mol. The number of rotatable bonds is 1. The van der Waals surface area contributed by atoms with Gasteiger partial charge in [0.25, 0.3) is 3.79 Å². The number of esters is 1. The highest BCUT2D eigenvalue weighted by atomic mass is 35.6. The summed E-state index contributed by atoms with van der Waals surface area (Å²) in [6, 6.07) is 0. The fourth-order valence-corrected chi connectivity index (χ4v) is 0.338. The quantitative estimate of drug-likeness (QED) is 0.465. The molecule has 0 bridgehead atoms. The van der Waals surface area contributed by atoms with E-state index in [1.165, 1.54) is 0 Å². The lowest BCUT2D eigenvalue weighted by Gasteiger charge is -2.07. The third-order valence-corrected chi connectivity index (χ3v) is 0.928. The Morgan fingerprint density at radius 1 is 1.56 bits per heavy atom. The highest BCUT2D eigenvalue weighted by molar-refractivity contribution is 6.75. The molecule has 0 fully saturated rings. The van der Waals surface area contributed by atoms with E-state index in [-0.39, 0.29) is 6.61 Å². The summed E-state index contributed by atoms with van der Waals surface area (Å²) in [7, 11) is 0. The van der Waals surface area contributed by atoms with Crippen molar-refractivity contribution in [2.45, 2.75) is 3.79 Å². The van der Waals surface area contributed by atoms with Crippen molar-refractivity contribution in [3.05, 3.63) is 6.92 Å². The summed E-state index contributed by atoms with van der Waals surface area (Å²) in [4.78, 5) is 10.4. The fraction of sp³-hybridized carbons (Fsp3) is 0.500. The van der Waals surface area contributed by atoms with Crippen molar-refractivity contribution in [3.8, 4) is 0 Å². The van der Waals surface area contributed by atoms with Gasteiger partial charge in [-0.1, -0.05) is 34.8 Å². The Labute approximate surface area is 68.0 Å². The van der Waals surface area contributed by atoms with Crippen molar-refractivity contribution in [3.63, 3.8) is 0 Å². The molecule has 5 heteroatoms. The largest absolute Gasteiger partial charge is 0.463 e. The second-order valence-electron chi connectivity index (χ2n) is 1.13. The number of carbonyl (C=O) groups is 1. The molecule has 0 heterocycles. The van der Waals surface area contributed by atoms with E-state index in [0.717, 1.165) is 0 Å². The van der Waals surface area contributed by atoms with Gasteiger partial charge in [-0.3, -0.25) is 0 Å². The molecule has 1 radical (unpaired) electrons. The summed E-state index contributed by atoms with van der Waals surface area (Å²) in [6.45, 7) is 3.19. The highest BCUT2D eigenvalue weighted by Gasteiger charge is 2.31. The van der Waals surface area contributed by atoms with E-state index in [0.29, 0.717) is 0 Å². The first-order valence-corrected chi connectivity index (χ1v) is 3.15. The molecule has 0 spiro atoms. The lowest BCUT2D eigenvalue weighted by Crippen LogP contribution is -2.21. The number of carbonyl (C=O) groups excluding carboxylic acids is 1. The minimum atomic E-state index is -1.97. The van der Waals surface area contributed by atoms with Crippen LogP contribution in [0.15, 0.2) is 0 Å². The Bertz CT molecular complexity index is 107.